The van der Waals surface area contributed by atoms with E-state index in [0.29, 0.717) is 12.7 Å². The summed E-state index contributed by atoms with van der Waals surface area (Å²) in [4.78, 5) is 0. The summed E-state index contributed by atoms with van der Waals surface area (Å²) in [5, 5.41) is 0. The lowest BCUT2D eigenvalue weighted by molar-refractivity contribution is -0.0537. The first-order valence-electron chi connectivity index (χ1n) is 6.92. The molecule has 0 aromatic carbocycles. The molecule has 0 aromatic heterocycles. The molecule has 0 saturated heterocycles. The fraction of sp³-hybridized carbons (Fsp3) is 1.00. The molecule has 0 aliphatic heterocycles. The van der Waals surface area contributed by atoms with Gasteiger partial charge in [0, 0.05) is 7.11 Å². The standard InChI is InChI=1S/C14H29NO2/c1-5-11-7-6-8-12(9-11)17-10-13(15)14(2,3)16-4/h11-13H,5-10,15H2,1-4H3. The second-order valence-electron chi connectivity index (χ2n) is 5.81. The lowest BCUT2D eigenvalue weighted by atomic mass is 9.85. The number of methoxy groups -OCH3 is 1. The number of nitrogens with two attached hydrogens (primary N) is 1. The number of hydrogen-bond acceptors (Lipinski definition) is 3. The quantitative estimate of drug-likeness (QED) is 0.780. The molecule has 3 atom stereocenters. The van der Waals surface area contributed by atoms with Gasteiger partial charge in [0.25, 0.3) is 0 Å². The van der Waals surface area contributed by atoms with Gasteiger partial charge in [0.2, 0.25) is 0 Å². The molecule has 1 aliphatic carbocycles. The SMILES string of the molecule is CCC1CCCC(OCC(N)C(C)(C)OC)C1. The molecule has 1 fully saturated rings. The van der Waals surface area contributed by atoms with E-state index in [1.165, 1.54) is 32.1 Å². The molecule has 0 bridgehead atoms. The zero-order valence-electron chi connectivity index (χ0n) is 11.9. The van der Waals surface area contributed by atoms with E-state index in [1.54, 1.807) is 7.11 Å². The van der Waals surface area contributed by atoms with Gasteiger partial charge in [-0.2, -0.15) is 0 Å². The minimum atomic E-state index is -0.307. The monoisotopic (exact) mass is 243 g/mol. The topological polar surface area (TPSA) is 44.5 Å². The zero-order valence-corrected chi connectivity index (χ0v) is 11.9. The first kappa shape index (κ1) is 14.9. The molecule has 0 aromatic rings. The summed E-state index contributed by atoms with van der Waals surface area (Å²) in [6.07, 6.45) is 6.74. The maximum absolute atomic E-state index is 6.10. The van der Waals surface area contributed by atoms with Crippen LogP contribution in [0.25, 0.3) is 0 Å². The minimum Gasteiger partial charge on any atom is -0.377 e. The molecular weight excluding hydrogens is 214 g/mol. The van der Waals surface area contributed by atoms with Crippen molar-refractivity contribution < 1.29 is 9.47 Å². The molecule has 0 spiro atoms. The zero-order chi connectivity index (χ0) is 12.9. The Bertz CT molecular complexity index is 218. The molecule has 2 N–H and O–H groups in total. The lowest BCUT2D eigenvalue weighted by Crippen LogP contribution is -2.48. The Labute approximate surface area is 106 Å². The highest BCUT2D eigenvalue weighted by molar-refractivity contribution is 4.83. The van der Waals surface area contributed by atoms with Crippen molar-refractivity contribution in [2.75, 3.05) is 13.7 Å². The van der Waals surface area contributed by atoms with Crippen LogP contribution < -0.4 is 5.73 Å². The van der Waals surface area contributed by atoms with Crippen molar-refractivity contribution in [1.82, 2.24) is 0 Å². The van der Waals surface area contributed by atoms with Gasteiger partial charge in [-0.05, 0) is 32.6 Å². The molecule has 1 rings (SSSR count). The highest BCUT2D eigenvalue weighted by atomic mass is 16.5. The lowest BCUT2D eigenvalue weighted by Gasteiger charge is -2.33. The molecule has 1 aliphatic rings. The molecule has 0 radical (unpaired) electrons. The van der Waals surface area contributed by atoms with E-state index in [4.69, 9.17) is 15.2 Å². The van der Waals surface area contributed by atoms with Crippen molar-refractivity contribution in [2.45, 2.75) is 70.6 Å². The predicted octanol–water partition coefficient (Wildman–Crippen LogP) is 2.72. The van der Waals surface area contributed by atoms with Crippen molar-refractivity contribution in [3.05, 3.63) is 0 Å². The van der Waals surface area contributed by atoms with Crippen molar-refractivity contribution in [1.29, 1.82) is 0 Å². The Balaban J connectivity index is 2.30. The number of hydrogen-bond donors (Lipinski definition) is 1. The maximum atomic E-state index is 6.10. The van der Waals surface area contributed by atoms with Crippen LogP contribution in [0, 0.1) is 5.92 Å². The minimum absolute atomic E-state index is 0.0606. The van der Waals surface area contributed by atoms with Crippen LogP contribution in [0.1, 0.15) is 52.9 Å². The van der Waals surface area contributed by atoms with Gasteiger partial charge in [0.15, 0.2) is 0 Å². The van der Waals surface area contributed by atoms with Crippen molar-refractivity contribution in [2.24, 2.45) is 11.7 Å². The van der Waals surface area contributed by atoms with Gasteiger partial charge in [0.1, 0.15) is 0 Å². The van der Waals surface area contributed by atoms with Crippen LogP contribution in [0.5, 0.6) is 0 Å². The van der Waals surface area contributed by atoms with E-state index >= 15 is 0 Å². The van der Waals surface area contributed by atoms with Gasteiger partial charge < -0.3 is 15.2 Å². The van der Waals surface area contributed by atoms with Crippen LogP contribution in [0.4, 0.5) is 0 Å². The van der Waals surface area contributed by atoms with Crippen LogP contribution in [-0.4, -0.2) is 31.5 Å². The Kier molecular flexibility index (Phi) is 5.90. The molecule has 1 saturated carbocycles. The molecule has 0 heterocycles. The van der Waals surface area contributed by atoms with E-state index in [0.717, 1.165) is 5.92 Å². The van der Waals surface area contributed by atoms with Crippen LogP contribution in [-0.2, 0) is 9.47 Å². The Morgan fingerprint density at radius 1 is 1.35 bits per heavy atom. The Morgan fingerprint density at radius 3 is 2.65 bits per heavy atom. The van der Waals surface area contributed by atoms with E-state index in [1.807, 2.05) is 13.8 Å². The molecule has 17 heavy (non-hydrogen) atoms. The van der Waals surface area contributed by atoms with Crippen LogP contribution in [0.2, 0.25) is 0 Å². The van der Waals surface area contributed by atoms with E-state index < -0.39 is 0 Å². The second kappa shape index (κ2) is 6.72. The fourth-order valence-electron chi connectivity index (χ4n) is 2.36. The largest absolute Gasteiger partial charge is 0.377 e. The normalized spacial score (nSPS) is 28.1. The third-order valence-electron chi connectivity index (χ3n) is 4.24. The maximum Gasteiger partial charge on any atom is 0.0795 e. The first-order chi connectivity index (χ1) is 7.99. The van der Waals surface area contributed by atoms with E-state index in [-0.39, 0.29) is 11.6 Å². The van der Waals surface area contributed by atoms with E-state index in [9.17, 15) is 0 Å². The fourth-order valence-corrected chi connectivity index (χ4v) is 2.36. The van der Waals surface area contributed by atoms with Crippen LogP contribution >= 0.6 is 0 Å². The highest BCUT2D eigenvalue weighted by Crippen LogP contribution is 2.28. The predicted molar refractivity (Wildman–Crippen MR) is 71.1 cm³/mol. The van der Waals surface area contributed by atoms with Crippen molar-refractivity contribution in [3.63, 3.8) is 0 Å². The van der Waals surface area contributed by atoms with Crippen LogP contribution in [0.15, 0.2) is 0 Å². The summed E-state index contributed by atoms with van der Waals surface area (Å²) >= 11 is 0. The summed E-state index contributed by atoms with van der Waals surface area (Å²) in [5.74, 6) is 0.848. The Hall–Kier alpha value is -0.120. The summed E-state index contributed by atoms with van der Waals surface area (Å²) < 4.78 is 11.3. The van der Waals surface area contributed by atoms with Gasteiger partial charge in [0.05, 0.1) is 24.4 Å². The average Bonchev–Trinajstić information content (AvgIpc) is 2.36. The average molecular weight is 243 g/mol. The number of ether oxygens (including phenoxy) is 2. The smallest absolute Gasteiger partial charge is 0.0795 e. The highest BCUT2D eigenvalue weighted by Gasteiger charge is 2.28. The molecule has 3 unspecified atom stereocenters. The molecule has 3 heteroatoms. The van der Waals surface area contributed by atoms with Crippen LogP contribution in [0.3, 0.4) is 0 Å². The third kappa shape index (κ3) is 4.57. The molecular formula is C14H29NO2. The third-order valence-corrected chi connectivity index (χ3v) is 4.24. The van der Waals surface area contributed by atoms with Gasteiger partial charge in [-0.15, -0.1) is 0 Å². The van der Waals surface area contributed by atoms with Gasteiger partial charge in [-0.25, -0.2) is 0 Å². The van der Waals surface area contributed by atoms with Crippen molar-refractivity contribution in [3.8, 4) is 0 Å². The second-order valence-corrected chi connectivity index (χ2v) is 5.81. The molecule has 0 amide bonds. The summed E-state index contributed by atoms with van der Waals surface area (Å²) in [7, 11) is 1.70. The van der Waals surface area contributed by atoms with Gasteiger partial charge >= 0.3 is 0 Å². The number of rotatable bonds is 6. The van der Waals surface area contributed by atoms with E-state index in [2.05, 4.69) is 6.92 Å². The van der Waals surface area contributed by atoms with Crippen molar-refractivity contribution >= 4 is 0 Å². The van der Waals surface area contributed by atoms with Gasteiger partial charge in [-0.1, -0.05) is 26.2 Å². The van der Waals surface area contributed by atoms with Gasteiger partial charge in [-0.3, -0.25) is 0 Å². The summed E-state index contributed by atoms with van der Waals surface area (Å²) in [6, 6.07) is -0.0606. The molecule has 102 valence electrons. The Morgan fingerprint density at radius 2 is 2.06 bits per heavy atom. The first-order valence-corrected chi connectivity index (χ1v) is 6.92. The summed E-state index contributed by atoms with van der Waals surface area (Å²) in [5.41, 5.74) is 5.79. The molecule has 3 nitrogen and oxygen atoms in total. The summed E-state index contributed by atoms with van der Waals surface area (Å²) in [6.45, 7) is 6.89.